The van der Waals surface area contributed by atoms with Crippen molar-refractivity contribution < 1.29 is 0 Å². The lowest BCUT2D eigenvalue weighted by Crippen LogP contribution is -1.66. The van der Waals surface area contributed by atoms with E-state index < -0.39 is 0 Å². The summed E-state index contributed by atoms with van der Waals surface area (Å²) in [5.74, 6) is 0. The monoisotopic (exact) mass is 100 g/mol. The average Bonchev–Trinajstić information content (AvgIpc) is 1.61. The number of hydrogen-bond donors (Lipinski definition) is 0. The highest BCUT2D eigenvalue weighted by Crippen LogP contribution is 1.95. The first-order valence-electron chi connectivity index (χ1n) is 2.91. The topological polar surface area (TPSA) is 30.5 Å². The molecule has 0 N–H and O–H groups in total. The number of unbranched alkanes of at least 4 members (excludes halogenated alkanes) is 3. The van der Waals surface area contributed by atoms with Crippen LogP contribution in [0.1, 0.15) is 39.5 Å². The van der Waals surface area contributed by atoms with Crippen molar-refractivity contribution in [2.24, 2.45) is 0 Å². The lowest BCUT2D eigenvalue weighted by Gasteiger charge is -1.86. The van der Waals surface area contributed by atoms with Crippen molar-refractivity contribution >= 4 is 0 Å². The van der Waals surface area contributed by atoms with Gasteiger partial charge in [-0.05, 0) is 0 Å². The molecule has 1 heteroatoms. The molecule has 0 aromatic heterocycles. The molecule has 0 aromatic carbocycles. The number of rotatable bonds is 3. The fourth-order valence-corrected chi connectivity index (χ4v) is 0.500. The Balaban J connectivity index is 0. The summed E-state index contributed by atoms with van der Waals surface area (Å²) in [6, 6.07) is 0. The lowest BCUT2D eigenvalue weighted by molar-refractivity contribution is 0.702. The van der Waals surface area contributed by atoms with Gasteiger partial charge in [0, 0.05) is 6.15 Å². The quantitative estimate of drug-likeness (QED) is 0.486. The van der Waals surface area contributed by atoms with Crippen LogP contribution in [-0.2, 0) is 0 Å². The van der Waals surface area contributed by atoms with Gasteiger partial charge >= 0.3 is 0 Å². The Hall–Kier alpha value is -0.0400. The van der Waals surface area contributed by atoms with Crippen LogP contribution in [0.3, 0.4) is 0 Å². The summed E-state index contributed by atoms with van der Waals surface area (Å²) < 4.78 is 0. The molecule has 0 aliphatic heterocycles. The van der Waals surface area contributed by atoms with Crippen LogP contribution >= 0.6 is 0 Å². The molecule has 0 bridgehead atoms. The van der Waals surface area contributed by atoms with Crippen LogP contribution in [0.15, 0.2) is 0 Å². The predicted molar refractivity (Wildman–Crippen MR) is 31.9 cm³/mol. The Morgan fingerprint density at radius 3 is 1.29 bits per heavy atom. The highest BCUT2D eigenvalue weighted by atomic mass is 14.0. The molecule has 0 heterocycles. The second-order valence-corrected chi connectivity index (χ2v) is 1.71. The molecule has 0 aromatic rings. The molecule has 0 amide bonds. The molecule has 0 fully saturated rings. The van der Waals surface area contributed by atoms with Gasteiger partial charge in [0.25, 0.3) is 0 Å². The SMILES string of the molecule is CCCCCC.[N]. The molecular weight excluding hydrogens is 86.1 g/mol. The van der Waals surface area contributed by atoms with E-state index in [-0.39, 0.29) is 6.15 Å². The maximum absolute atomic E-state index is 2.23. The molecular formula is C6H14N. The number of hydrogen-bond acceptors (Lipinski definition) is 0. The molecule has 0 aliphatic carbocycles. The molecule has 0 rings (SSSR count). The van der Waals surface area contributed by atoms with Gasteiger partial charge in [-0.15, -0.1) is 0 Å². The predicted octanol–water partition coefficient (Wildman–Crippen LogP) is 2.11. The van der Waals surface area contributed by atoms with Crippen molar-refractivity contribution in [1.82, 2.24) is 6.15 Å². The van der Waals surface area contributed by atoms with Gasteiger partial charge < -0.3 is 0 Å². The molecule has 0 spiro atoms. The van der Waals surface area contributed by atoms with Crippen molar-refractivity contribution in [2.75, 3.05) is 0 Å². The molecule has 0 unspecified atom stereocenters. The third-order valence-corrected chi connectivity index (χ3v) is 0.957. The molecule has 7 heavy (non-hydrogen) atoms. The fraction of sp³-hybridized carbons (Fsp3) is 1.00. The maximum atomic E-state index is 2.23. The minimum Gasteiger partial charge on any atom is -0.0654 e. The van der Waals surface area contributed by atoms with Crippen molar-refractivity contribution in [3.8, 4) is 0 Å². The van der Waals surface area contributed by atoms with Crippen molar-refractivity contribution in [1.29, 1.82) is 0 Å². The van der Waals surface area contributed by atoms with E-state index in [0.717, 1.165) is 0 Å². The summed E-state index contributed by atoms with van der Waals surface area (Å²) in [5, 5.41) is 0. The highest BCUT2D eigenvalue weighted by Gasteiger charge is 1.75. The molecule has 0 atom stereocenters. The van der Waals surface area contributed by atoms with E-state index in [0.29, 0.717) is 0 Å². The molecule has 0 saturated heterocycles. The van der Waals surface area contributed by atoms with E-state index in [1.54, 1.807) is 0 Å². The number of nitrogens with zero attached hydrogens (tertiary/aromatic N) is 1. The average molecular weight is 100 g/mol. The zero-order valence-electron chi connectivity index (χ0n) is 5.28. The van der Waals surface area contributed by atoms with Gasteiger partial charge in [-0.1, -0.05) is 39.5 Å². The van der Waals surface area contributed by atoms with Crippen LogP contribution in [0.2, 0.25) is 0 Å². The molecule has 1 nitrogen and oxygen atoms in total. The van der Waals surface area contributed by atoms with Crippen LogP contribution in [0, 0.1) is 0 Å². The van der Waals surface area contributed by atoms with E-state index in [9.17, 15) is 0 Å². The highest BCUT2D eigenvalue weighted by molar-refractivity contribution is 4.31. The van der Waals surface area contributed by atoms with Gasteiger partial charge in [0.2, 0.25) is 0 Å². The Morgan fingerprint density at radius 2 is 1.14 bits per heavy atom. The van der Waals surface area contributed by atoms with Gasteiger partial charge in [-0.25, -0.2) is 0 Å². The third kappa shape index (κ3) is 10.7. The van der Waals surface area contributed by atoms with E-state index >= 15 is 0 Å². The standard InChI is InChI=1S/C6H14.N/c1-3-5-6-4-2;/h3-6H2,1-2H3;. The van der Waals surface area contributed by atoms with E-state index in [1.165, 1.54) is 25.7 Å². The van der Waals surface area contributed by atoms with Crippen LogP contribution in [0.25, 0.3) is 0 Å². The molecule has 43 valence electrons. The van der Waals surface area contributed by atoms with Gasteiger partial charge in [-0.2, -0.15) is 0 Å². The Labute approximate surface area is 46.7 Å². The summed E-state index contributed by atoms with van der Waals surface area (Å²) in [5.41, 5.74) is 0. The van der Waals surface area contributed by atoms with E-state index in [2.05, 4.69) is 13.8 Å². The van der Waals surface area contributed by atoms with Gasteiger partial charge in [0.15, 0.2) is 0 Å². The first-order chi connectivity index (χ1) is 2.91. The summed E-state index contributed by atoms with van der Waals surface area (Å²) in [7, 11) is 0. The van der Waals surface area contributed by atoms with Gasteiger partial charge in [0.1, 0.15) is 0 Å². The first kappa shape index (κ1) is 10.0. The fourth-order valence-electron chi connectivity index (χ4n) is 0.500. The molecule has 3 radical (unpaired) electrons. The van der Waals surface area contributed by atoms with Crippen molar-refractivity contribution in [2.45, 2.75) is 39.5 Å². The minimum absolute atomic E-state index is 0. The summed E-state index contributed by atoms with van der Waals surface area (Å²) >= 11 is 0. The summed E-state index contributed by atoms with van der Waals surface area (Å²) in [6.45, 7) is 4.46. The van der Waals surface area contributed by atoms with Crippen LogP contribution in [0.4, 0.5) is 0 Å². The van der Waals surface area contributed by atoms with E-state index in [1.807, 2.05) is 0 Å². The maximum Gasteiger partial charge on any atom is 0 e. The summed E-state index contributed by atoms with van der Waals surface area (Å²) in [6.07, 6.45) is 5.54. The van der Waals surface area contributed by atoms with Crippen molar-refractivity contribution in [3.63, 3.8) is 0 Å². The van der Waals surface area contributed by atoms with Crippen molar-refractivity contribution in [3.05, 3.63) is 0 Å². The lowest BCUT2D eigenvalue weighted by atomic mass is 10.2. The zero-order chi connectivity index (χ0) is 4.83. The largest absolute Gasteiger partial charge is 0.0654 e. The van der Waals surface area contributed by atoms with Crippen LogP contribution < -0.4 is 6.15 Å². The molecule has 0 aliphatic rings. The minimum atomic E-state index is 0. The van der Waals surface area contributed by atoms with E-state index in [4.69, 9.17) is 0 Å². The Bertz CT molecular complexity index is 16.1. The third-order valence-electron chi connectivity index (χ3n) is 0.957. The van der Waals surface area contributed by atoms with Crippen LogP contribution in [-0.4, -0.2) is 0 Å². The van der Waals surface area contributed by atoms with Gasteiger partial charge in [0.05, 0.1) is 0 Å². The first-order valence-corrected chi connectivity index (χ1v) is 2.91. The smallest absolute Gasteiger partial charge is 0 e. The Morgan fingerprint density at radius 1 is 0.857 bits per heavy atom. The van der Waals surface area contributed by atoms with Crippen LogP contribution in [0.5, 0.6) is 0 Å². The van der Waals surface area contributed by atoms with Gasteiger partial charge in [-0.3, -0.25) is 0 Å². The zero-order valence-corrected chi connectivity index (χ0v) is 5.28. The second kappa shape index (κ2) is 9.35. The normalized spacial score (nSPS) is 7.71. The second-order valence-electron chi connectivity index (χ2n) is 1.71. The summed E-state index contributed by atoms with van der Waals surface area (Å²) in [4.78, 5) is 0. The molecule has 0 saturated carbocycles. The Kier molecular flexibility index (Phi) is 13.4.